The topological polar surface area (TPSA) is 45.2 Å². The van der Waals surface area contributed by atoms with E-state index in [1.54, 1.807) is 5.51 Å². The van der Waals surface area contributed by atoms with Crippen LogP contribution in [0.2, 0.25) is 0 Å². The second-order valence-electron chi connectivity index (χ2n) is 3.25. The maximum absolute atomic E-state index is 10.3. The van der Waals surface area contributed by atoms with E-state index in [0.29, 0.717) is 0 Å². The van der Waals surface area contributed by atoms with Crippen LogP contribution in [0.4, 0.5) is 0 Å². The molecule has 3 nitrogen and oxygen atoms in total. The van der Waals surface area contributed by atoms with Gasteiger partial charge >= 0.3 is 0 Å². The fourth-order valence-corrected chi connectivity index (χ4v) is 3.33. The Kier molecular flexibility index (Phi) is 2.69. The van der Waals surface area contributed by atoms with Crippen LogP contribution in [0.5, 0.6) is 0 Å². The van der Waals surface area contributed by atoms with E-state index in [4.69, 9.17) is 0 Å². The average molecular weight is 263 g/mol. The Hall–Kier alpha value is 0.0300. The highest BCUT2D eigenvalue weighted by atomic mass is 79.9. The first kappa shape index (κ1) is 9.58. The summed E-state index contributed by atoms with van der Waals surface area (Å²) in [5, 5.41) is 13.5. The van der Waals surface area contributed by atoms with Crippen LogP contribution < -0.4 is 5.32 Å². The highest BCUT2D eigenvalue weighted by Gasteiger charge is 2.34. The summed E-state index contributed by atoms with van der Waals surface area (Å²) < 4.78 is 0.793. The number of aromatic nitrogens is 1. The third-order valence-corrected chi connectivity index (χ3v) is 4.26. The van der Waals surface area contributed by atoms with E-state index in [1.165, 1.54) is 11.3 Å². The number of nitrogens with zero attached hydrogens (tertiary/aromatic N) is 1. The fourth-order valence-electron chi connectivity index (χ4n) is 1.60. The Labute approximate surface area is 89.3 Å². The molecule has 1 fully saturated rings. The van der Waals surface area contributed by atoms with Crippen molar-refractivity contribution < 1.29 is 5.11 Å². The number of thiazole rings is 1. The minimum Gasteiger partial charge on any atom is -0.384 e. The van der Waals surface area contributed by atoms with E-state index >= 15 is 0 Å². The van der Waals surface area contributed by atoms with Crippen molar-refractivity contribution in [2.75, 3.05) is 13.1 Å². The quantitative estimate of drug-likeness (QED) is 0.806. The van der Waals surface area contributed by atoms with Crippen molar-refractivity contribution in [3.63, 3.8) is 0 Å². The first-order valence-corrected chi connectivity index (χ1v) is 5.92. The molecule has 1 aromatic rings. The van der Waals surface area contributed by atoms with E-state index in [0.717, 1.165) is 35.4 Å². The van der Waals surface area contributed by atoms with Gasteiger partial charge in [-0.3, -0.25) is 0 Å². The molecule has 0 aliphatic carbocycles. The van der Waals surface area contributed by atoms with Crippen LogP contribution in [0.15, 0.2) is 10.1 Å². The molecule has 0 bridgehead atoms. The van der Waals surface area contributed by atoms with Crippen molar-refractivity contribution in [3.8, 4) is 0 Å². The molecule has 0 radical (unpaired) electrons. The van der Waals surface area contributed by atoms with E-state index in [9.17, 15) is 5.11 Å². The monoisotopic (exact) mass is 262 g/mol. The van der Waals surface area contributed by atoms with Gasteiger partial charge in [0.15, 0.2) is 0 Å². The SMILES string of the molecule is OC1(c2scnc2Br)CCNCC1. The summed E-state index contributed by atoms with van der Waals surface area (Å²) in [6, 6.07) is 0. The largest absolute Gasteiger partial charge is 0.384 e. The molecule has 1 aliphatic heterocycles. The number of hydrogen-bond acceptors (Lipinski definition) is 4. The van der Waals surface area contributed by atoms with Crippen molar-refractivity contribution in [3.05, 3.63) is 15.0 Å². The molecule has 1 saturated heterocycles. The van der Waals surface area contributed by atoms with E-state index in [-0.39, 0.29) is 0 Å². The maximum Gasteiger partial charge on any atom is 0.123 e. The van der Waals surface area contributed by atoms with Gasteiger partial charge in [0, 0.05) is 0 Å². The zero-order valence-corrected chi connectivity index (χ0v) is 9.49. The lowest BCUT2D eigenvalue weighted by Gasteiger charge is -2.31. The van der Waals surface area contributed by atoms with Gasteiger partial charge in [0.2, 0.25) is 0 Å². The normalized spacial score (nSPS) is 21.7. The molecular formula is C8H11BrN2OS. The van der Waals surface area contributed by atoms with Crippen LogP contribution in [-0.2, 0) is 5.60 Å². The highest BCUT2D eigenvalue weighted by molar-refractivity contribution is 9.10. The first-order valence-electron chi connectivity index (χ1n) is 4.25. The van der Waals surface area contributed by atoms with Crippen LogP contribution in [0.3, 0.4) is 0 Å². The summed E-state index contributed by atoms with van der Waals surface area (Å²) in [6.45, 7) is 1.75. The number of hydrogen-bond donors (Lipinski definition) is 2. The summed E-state index contributed by atoms with van der Waals surface area (Å²) in [6.07, 6.45) is 1.54. The Balaban J connectivity index is 2.27. The van der Waals surface area contributed by atoms with Crippen LogP contribution in [0.1, 0.15) is 17.7 Å². The van der Waals surface area contributed by atoms with Crippen molar-refractivity contribution in [1.82, 2.24) is 10.3 Å². The van der Waals surface area contributed by atoms with Gasteiger partial charge in [-0.1, -0.05) is 0 Å². The first-order chi connectivity index (χ1) is 6.22. The Bertz CT molecular complexity index is 296. The molecule has 1 aromatic heterocycles. The lowest BCUT2D eigenvalue weighted by Crippen LogP contribution is -2.39. The van der Waals surface area contributed by atoms with Crippen LogP contribution in [0, 0.1) is 0 Å². The van der Waals surface area contributed by atoms with Gasteiger partial charge in [-0.05, 0) is 41.9 Å². The van der Waals surface area contributed by atoms with E-state index in [2.05, 4.69) is 26.2 Å². The molecule has 1 aliphatic rings. The third kappa shape index (κ3) is 1.79. The zero-order chi connectivity index (χ0) is 9.31. The van der Waals surface area contributed by atoms with Gasteiger partial charge < -0.3 is 10.4 Å². The molecule has 2 N–H and O–H groups in total. The maximum atomic E-state index is 10.3. The van der Waals surface area contributed by atoms with Gasteiger partial charge in [-0.25, -0.2) is 4.98 Å². The van der Waals surface area contributed by atoms with Crippen LogP contribution >= 0.6 is 27.3 Å². The Morgan fingerprint density at radius 2 is 2.23 bits per heavy atom. The van der Waals surface area contributed by atoms with Gasteiger partial charge in [0.1, 0.15) is 10.2 Å². The Morgan fingerprint density at radius 3 is 2.77 bits per heavy atom. The molecular weight excluding hydrogens is 252 g/mol. The fraction of sp³-hybridized carbons (Fsp3) is 0.625. The smallest absolute Gasteiger partial charge is 0.123 e. The van der Waals surface area contributed by atoms with Crippen LogP contribution in [0.25, 0.3) is 0 Å². The molecule has 72 valence electrons. The molecule has 13 heavy (non-hydrogen) atoms. The summed E-state index contributed by atoms with van der Waals surface area (Å²) in [7, 11) is 0. The van der Waals surface area contributed by atoms with Gasteiger partial charge in [-0.15, -0.1) is 11.3 Å². The molecule has 5 heteroatoms. The number of halogens is 1. The number of nitrogens with one attached hydrogen (secondary N) is 1. The average Bonchev–Trinajstić information content (AvgIpc) is 2.53. The molecule has 0 unspecified atom stereocenters. The molecule has 0 atom stereocenters. The van der Waals surface area contributed by atoms with Gasteiger partial charge in [0.25, 0.3) is 0 Å². The number of piperidine rings is 1. The van der Waals surface area contributed by atoms with E-state index in [1.807, 2.05) is 0 Å². The Morgan fingerprint density at radius 1 is 1.54 bits per heavy atom. The van der Waals surface area contributed by atoms with Gasteiger partial charge in [-0.2, -0.15) is 0 Å². The zero-order valence-electron chi connectivity index (χ0n) is 7.09. The lowest BCUT2D eigenvalue weighted by atomic mass is 9.91. The number of aliphatic hydroxyl groups is 1. The summed E-state index contributed by atoms with van der Waals surface area (Å²) in [5.41, 5.74) is 1.10. The second kappa shape index (κ2) is 3.65. The standard InChI is InChI=1S/C8H11BrN2OS/c9-7-6(13-5-11-7)8(12)1-3-10-4-2-8/h5,10,12H,1-4H2. The van der Waals surface area contributed by atoms with Crippen molar-refractivity contribution >= 4 is 27.3 Å². The highest BCUT2D eigenvalue weighted by Crippen LogP contribution is 2.37. The minimum atomic E-state index is -0.661. The summed E-state index contributed by atoms with van der Waals surface area (Å²) in [4.78, 5) is 5.06. The molecule has 2 rings (SSSR count). The van der Waals surface area contributed by atoms with Crippen LogP contribution in [-0.4, -0.2) is 23.2 Å². The van der Waals surface area contributed by atoms with Crippen molar-refractivity contribution in [2.24, 2.45) is 0 Å². The van der Waals surface area contributed by atoms with E-state index < -0.39 is 5.60 Å². The molecule has 0 aromatic carbocycles. The molecule has 0 spiro atoms. The number of rotatable bonds is 1. The molecule has 2 heterocycles. The predicted octanol–water partition coefficient (Wildman–Crippen LogP) is 1.48. The lowest BCUT2D eigenvalue weighted by molar-refractivity contribution is 0.00860. The van der Waals surface area contributed by atoms with Gasteiger partial charge in [0.05, 0.1) is 10.4 Å². The molecule has 0 saturated carbocycles. The molecule has 0 amide bonds. The third-order valence-electron chi connectivity index (χ3n) is 2.38. The summed E-state index contributed by atoms with van der Waals surface area (Å²) in [5.74, 6) is 0. The second-order valence-corrected chi connectivity index (χ2v) is 4.86. The predicted molar refractivity (Wildman–Crippen MR) is 55.8 cm³/mol. The summed E-state index contributed by atoms with van der Waals surface area (Å²) >= 11 is 4.88. The minimum absolute atomic E-state index is 0.661. The van der Waals surface area contributed by atoms with Crippen molar-refractivity contribution in [1.29, 1.82) is 0 Å². The van der Waals surface area contributed by atoms with Crippen molar-refractivity contribution in [2.45, 2.75) is 18.4 Å².